The Morgan fingerprint density at radius 1 is 1.26 bits per heavy atom. The molecule has 2 nitrogen and oxygen atoms in total. The Balaban J connectivity index is 2.00. The van der Waals surface area contributed by atoms with E-state index in [1.54, 1.807) is 13.2 Å². The average molecular weight is 265 g/mol. The standard InChI is InChI=1S/C16H24FNO/c1-19-16(12-7-3-2-4-8-12)15(18)11-13-9-5-6-10-14(13)17/h5-6,9-10,12,15-16H,2-4,7-8,11,18H2,1H3. The van der Waals surface area contributed by atoms with Gasteiger partial charge in [-0.15, -0.1) is 0 Å². The van der Waals surface area contributed by atoms with Crippen molar-refractivity contribution in [2.75, 3.05) is 7.11 Å². The van der Waals surface area contributed by atoms with Crippen LogP contribution < -0.4 is 5.73 Å². The maximum absolute atomic E-state index is 13.7. The highest BCUT2D eigenvalue weighted by Gasteiger charge is 2.28. The quantitative estimate of drug-likeness (QED) is 0.886. The van der Waals surface area contributed by atoms with Crippen molar-refractivity contribution in [2.24, 2.45) is 11.7 Å². The van der Waals surface area contributed by atoms with Crippen molar-refractivity contribution in [1.29, 1.82) is 0 Å². The fourth-order valence-electron chi connectivity index (χ4n) is 3.21. The van der Waals surface area contributed by atoms with E-state index in [-0.39, 0.29) is 18.0 Å². The zero-order chi connectivity index (χ0) is 13.7. The molecule has 2 rings (SSSR count). The van der Waals surface area contributed by atoms with Gasteiger partial charge >= 0.3 is 0 Å². The number of hydrogen-bond acceptors (Lipinski definition) is 2. The molecule has 3 heteroatoms. The average Bonchev–Trinajstić information content (AvgIpc) is 2.43. The maximum atomic E-state index is 13.7. The third-order valence-electron chi connectivity index (χ3n) is 4.22. The van der Waals surface area contributed by atoms with Crippen LogP contribution in [-0.2, 0) is 11.2 Å². The third-order valence-corrected chi connectivity index (χ3v) is 4.22. The lowest BCUT2D eigenvalue weighted by atomic mass is 9.81. The van der Waals surface area contributed by atoms with Crippen molar-refractivity contribution < 1.29 is 9.13 Å². The predicted octanol–water partition coefficient (Wildman–Crippen LogP) is 3.29. The van der Waals surface area contributed by atoms with E-state index in [1.165, 1.54) is 38.2 Å². The smallest absolute Gasteiger partial charge is 0.126 e. The summed E-state index contributed by atoms with van der Waals surface area (Å²) in [6, 6.07) is 6.73. The Bertz CT molecular complexity index is 390. The van der Waals surface area contributed by atoms with Crippen molar-refractivity contribution in [1.82, 2.24) is 0 Å². The second kappa shape index (κ2) is 7.01. The summed E-state index contributed by atoms with van der Waals surface area (Å²) in [5.74, 6) is 0.358. The molecule has 0 amide bonds. The molecule has 1 saturated carbocycles. The van der Waals surface area contributed by atoms with Crippen LogP contribution >= 0.6 is 0 Å². The topological polar surface area (TPSA) is 35.2 Å². The van der Waals surface area contributed by atoms with Crippen LogP contribution in [0.2, 0.25) is 0 Å². The van der Waals surface area contributed by atoms with Gasteiger partial charge in [0.05, 0.1) is 6.10 Å². The highest BCUT2D eigenvalue weighted by atomic mass is 19.1. The first kappa shape index (κ1) is 14.5. The van der Waals surface area contributed by atoms with Crippen LogP contribution in [0, 0.1) is 11.7 Å². The normalized spacial score (nSPS) is 20.2. The van der Waals surface area contributed by atoms with Gasteiger partial charge in [-0.2, -0.15) is 0 Å². The number of rotatable bonds is 5. The zero-order valence-electron chi connectivity index (χ0n) is 11.6. The third kappa shape index (κ3) is 3.77. The Kier molecular flexibility index (Phi) is 5.34. The van der Waals surface area contributed by atoms with Crippen LogP contribution in [0.15, 0.2) is 24.3 Å². The second-order valence-corrected chi connectivity index (χ2v) is 5.56. The molecule has 0 bridgehead atoms. The molecule has 0 aliphatic heterocycles. The molecule has 2 atom stereocenters. The molecule has 1 aliphatic rings. The van der Waals surface area contributed by atoms with Gasteiger partial charge in [-0.3, -0.25) is 0 Å². The van der Waals surface area contributed by atoms with Crippen LogP contribution in [0.3, 0.4) is 0 Å². The Labute approximate surface area is 115 Å². The molecule has 1 aromatic carbocycles. The van der Waals surface area contributed by atoms with Gasteiger partial charge in [0.2, 0.25) is 0 Å². The van der Waals surface area contributed by atoms with E-state index < -0.39 is 0 Å². The van der Waals surface area contributed by atoms with Crippen molar-refractivity contribution in [3.63, 3.8) is 0 Å². The lowest BCUT2D eigenvalue weighted by Crippen LogP contribution is -2.43. The molecule has 0 aromatic heterocycles. The molecule has 1 aliphatic carbocycles. The molecule has 2 N–H and O–H groups in total. The molecular weight excluding hydrogens is 241 g/mol. The van der Waals surface area contributed by atoms with Gasteiger partial charge in [0.25, 0.3) is 0 Å². The summed E-state index contributed by atoms with van der Waals surface area (Å²) in [4.78, 5) is 0. The minimum Gasteiger partial charge on any atom is -0.380 e. The summed E-state index contributed by atoms with van der Waals surface area (Å²) in [7, 11) is 1.72. The molecule has 106 valence electrons. The van der Waals surface area contributed by atoms with Crippen LogP contribution in [0.1, 0.15) is 37.7 Å². The Morgan fingerprint density at radius 2 is 1.95 bits per heavy atom. The Morgan fingerprint density at radius 3 is 2.58 bits per heavy atom. The van der Waals surface area contributed by atoms with Gasteiger partial charge in [0, 0.05) is 13.2 Å². The molecule has 0 saturated heterocycles. The summed E-state index contributed by atoms with van der Waals surface area (Å²) < 4.78 is 19.3. The number of benzene rings is 1. The van der Waals surface area contributed by atoms with Gasteiger partial charge in [0.15, 0.2) is 0 Å². The second-order valence-electron chi connectivity index (χ2n) is 5.56. The van der Waals surface area contributed by atoms with Gasteiger partial charge in [0.1, 0.15) is 5.82 Å². The highest BCUT2D eigenvalue weighted by Crippen LogP contribution is 2.29. The molecule has 1 aromatic rings. The highest BCUT2D eigenvalue weighted by molar-refractivity contribution is 5.18. The van der Waals surface area contributed by atoms with E-state index in [4.69, 9.17) is 10.5 Å². The fourth-order valence-corrected chi connectivity index (χ4v) is 3.21. The van der Waals surface area contributed by atoms with Gasteiger partial charge < -0.3 is 10.5 Å². The van der Waals surface area contributed by atoms with Crippen LogP contribution in [-0.4, -0.2) is 19.3 Å². The van der Waals surface area contributed by atoms with Crippen LogP contribution in [0.5, 0.6) is 0 Å². The first-order chi connectivity index (χ1) is 9.22. The summed E-state index contributed by atoms with van der Waals surface area (Å²) in [5.41, 5.74) is 6.96. The lowest BCUT2D eigenvalue weighted by molar-refractivity contribution is 0.0177. The number of hydrogen-bond donors (Lipinski definition) is 1. The van der Waals surface area contributed by atoms with Gasteiger partial charge in [-0.05, 0) is 36.8 Å². The van der Waals surface area contributed by atoms with E-state index in [2.05, 4.69) is 0 Å². The minimum atomic E-state index is -0.170. The summed E-state index contributed by atoms with van der Waals surface area (Å²) in [5, 5.41) is 0. The maximum Gasteiger partial charge on any atom is 0.126 e. The first-order valence-electron chi connectivity index (χ1n) is 7.24. The molecule has 0 heterocycles. The monoisotopic (exact) mass is 265 g/mol. The molecule has 2 unspecified atom stereocenters. The van der Waals surface area contributed by atoms with Crippen LogP contribution in [0.4, 0.5) is 4.39 Å². The van der Waals surface area contributed by atoms with Crippen molar-refractivity contribution >= 4 is 0 Å². The number of halogens is 1. The Hall–Kier alpha value is -0.930. The summed E-state index contributed by atoms with van der Waals surface area (Å²) in [6.45, 7) is 0. The number of nitrogens with two attached hydrogens (primary N) is 1. The van der Waals surface area contributed by atoms with E-state index >= 15 is 0 Å². The largest absolute Gasteiger partial charge is 0.380 e. The van der Waals surface area contributed by atoms with Gasteiger partial charge in [-0.25, -0.2) is 4.39 Å². The number of ether oxygens (including phenoxy) is 1. The molecular formula is C16H24FNO. The lowest BCUT2D eigenvalue weighted by Gasteiger charge is -2.33. The van der Waals surface area contributed by atoms with Crippen molar-refractivity contribution in [3.05, 3.63) is 35.6 Å². The summed E-state index contributed by atoms with van der Waals surface area (Å²) >= 11 is 0. The SMILES string of the molecule is COC(C(N)Cc1ccccc1F)C1CCCCC1. The summed E-state index contributed by atoms with van der Waals surface area (Å²) in [6.07, 6.45) is 6.79. The van der Waals surface area contributed by atoms with E-state index in [0.29, 0.717) is 17.9 Å². The zero-order valence-corrected chi connectivity index (χ0v) is 11.6. The molecule has 19 heavy (non-hydrogen) atoms. The minimum absolute atomic E-state index is 0.0416. The first-order valence-corrected chi connectivity index (χ1v) is 7.24. The number of methoxy groups -OCH3 is 1. The predicted molar refractivity (Wildman–Crippen MR) is 75.5 cm³/mol. The van der Waals surface area contributed by atoms with E-state index in [9.17, 15) is 4.39 Å². The van der Waals surface area contributed by atoms with Crippen LogP contribution in [0.25, 0.3) is 0 Å². The fraction of sp³-hybridized carbons (Fsp3) is 0.625. The van der Waals surface area contributed by atoms with Crippen molar-refractivity contribution in [3.8, 4) is 0 Å². The molecule has 1 fully saturated rings. The van der Waals surface area contributed by atoms with E-state index in [1.807, 2.05) is 12.1 Å². The molecule has 0 radical (unpaired) electrons. The van der Waals surface area contributed by atoms with E-state index in [0.717, 1.165) is 0 Å². The van der Waals surface area contributed by atoms with Crippen molar-refractivity contribution in [2.45, 2.75) is 50.7 Å². The molecule has 0 spiro atoms. The van der Waals surface area contributed by atoms with Gasteiger partial charge in [-0.1, -0.05) is 37.5 Å².